The fourth-order valence-corrected chi connectivity index (χ4v) is 1.83. The fraction of sp³-hybridized carbons (Fsp3) is 0.833. The summed E-state index contributed by atoms with van der Waals surface area (Å²) in [6.45, 7) is 0. The van der Waals surface area contributed by atoms with Gasteiger partial charge in [0.2, 0.25) is 0 Å². The van der Waals surface area contributed by atoms with E-state index >= 15 is 0 Å². The second kappa shape index (κ2) is 3.25. The third-order valence-corrected chi connectivity index (χ3v) is 2.36. The second-order valence-corrected chi connectivity index (χ2v) is 7.72. The zero-order valence-electron chi connectivity index (χ0n) is 6.63. The molecule has 0 aliphatic heterocycles. The molecule has 0 heterocycles. The topological polar surface area (TPSA) is 63.3 Å². The van der Waals surface area contributed by atoms with Crippen LogP contribution in [0.3, 0.4) is 0 Å². The maximum absolute atomic E-state index is 10.3. The maximum atomic E-state index is 10.3. The number of rotatable bonds is 3. The van der Waals surface area contributed by atoms with Crippen LogP contribution in [0.2, 0.25) is 0 Å². The first kappa shape index (κ1) is 9.78. The van der Waals surface area contributed by atoms with Gasteiger partial charge in [0.15, 0.2) is 0 Å². The molecule has 0 aromatic rings. The average Bonchev–Trinajstić information content (AvgIpc) is 1.60. The van der Waals surface area contributed by atoms with Crippen LogP contribution in [0.25, 0.3) is 0 Å². The molecule has 0 fully saturated rings. The van der Waals surface area contributed by atoms with Crippen molar-refractivity contribution in [1.29, 1.82) is 0 Å². The van der Waals surface area contributed by atoms with Gasteiger partial charge in [-0.05, 0) is 18.8 Å². The van der Waals surface area contributed by atoms with Crippen LogP contribution in [0.1, 0.15) is 0 Å². The van der Waals surface area contributed by atoms with Crippen molar-refractivity contribution < 1.29 is 9.90 Å². The third kappa shape index (κ3) is 4.64. The number of carboxylic acid groups (broad SMARTS) is 1. The number of nitrogens with two attached hydrogens (primary N) is 1. The van der Waals surface area contributed by atoms with Gasteiger partial charge >= 0.3 is 5.97 Å². The quantitative estimate of drug-likeness (QED) is 0.623. The third-order valence-electron chi connectivity index (χ3n) is 0.997. The van der Waals surface area contributed by atoms with Gasteiger partial charge in [-0.1, -0.05) is 0 Å². The molecule has 0 amide bonds. The van der Waals surface area contributed by atoms with E-state index in [1.54, 1.807) is 0 Å². The molecule has 1 atom stereocenters. The summed E-state index contributed by atoms with van der Waals surface area (Å²) >= 11 is 0. The monoisotopic (exact) mass is 165 g/mol. The lowest BCUT2D eigenvalue weighted by Crippen LogP contribution is -2.35. The average molecular weight is 165 g/mol. The Morgan fingerprint density at radius 3 is 2.10 bits per heavy atom. The molecule has 0 aromatic heterocycles. The first-order chi connectivity index (χ1) is 4.33. The number of aliphatic carboxylic acids is 1. The first-order valence-electron chi connectivity index (χ1n) is 2.97. The molecular weight excluding hydrogens is 150 g/mol. The Balaban J connectivity index is 3.80. The van der Waals surface area contributed by atoms with Gasteiger partial charge in [0.05, 0.1) is 0 Å². The lowest BCUT2D eigenvalue weighted by Gasteiger charge is -2.26. The van der Waals surface area contributed by atoms with Gasteiger partial charge in [-0.3, -0.25) is 4.79 Å². The second-order valence-electron chi connectivity index (χ2n) is 3.20. The normalized spacial score (nSPS) is 16.4. The zero-order valence-corrected chi connectivity index (χ0v) is 7.44. The maximum Gasteiger partial charge on any atom is 0.321 e. The number of carbonyl (C=O) groups is 1. The van der Waals surface area contributed by atoms with Gasteiger partial charge in [0, 0.05) is 5.75 Å². The van der Waals surface area contributed by atoms with Crippen LogP contribution in [0.15, 0.2) is 0 Å². The van der Waals surface area contributed by atoms with E-state index in [0.29, 0.717) is 5.75 Å². The highest BCUT2D eigenvalue weighted by molar-refractivity contribution is 8.32. The Hall–Kier alpha value is -0.220. The van der Waals surface area contributed by atoms with E-state index in [4.69, 9.17) is 10.8 Å². The summed E-state index contributed by atoms with van der Waals surface area (Å²) in [5.41, 5.74) is 5.32. The van der Waals surface area contributed by atoms with Crippen molar-refractivity contribution >= 4 is 16.0 Å². The minimum Gasteiger partial charge on any atom is -0.480 e. The molecule has 0 saturated heterocycles. The van der Waals surface area contributed by atoms with Gasteiger partial charge in [-0.25, -0.2) is 10.0 Å². The van der Waals surface area contributed by atoms with Gasteiger partial charge in [-0.15, -0.1) is 0 Å². The van der Waals surface area contributed by atoms with Gasteiger partial charge in [0.25, 0.3) is 0 Å². The first-order valence-corrected chi connectivity index (χ1v) is 6.00. The van der Waals surface area contributed by atoms with Crippen molar-refractivity contribution in [2.45, 2.75) is 6.04 Å². The van der Waals surface area contributed by atoms with Crippen molar-refractivity contribution in [1.82, 2.24) is 0 Å². The molecule has 0 unspecified atom stereocenters. The molecule has 62 valence electrons. The van der Waals surface area contributed by atoms with Crippen molar-refractivity contribution in [2.24, 2.45) is 5.73 Å². The van der Waals surface area contributed by atoms with E-state index in [9.17, 15) is 4.79 Å². The molecule has 0 saturated carbocycles. The molecule has 0 spiro atoms. The van der Waals surface area contributed by atoms with Crippen LogP contribution in [-0.4, -0.2) is 41.6 Å². The predicted molar refractivity (Wildman–Crippen MR) is 45.8 cm³/mol. The molecule has 0 bridgehead atoms. The Morgan fingerprint density at radius 2 is 2.00 bits per heavy atom. The van der Waals surface area contributed by atoms with Gasteiger partial charge < -0.3 is 10.8 Å². The highest BCUT2D eigenvalue weighted by Gasteiger charge is 2.16. The van der Waals surface area contributed by atoms with Crippen LogP contribution in [0, 0.1) is 0 Å². The largest absolute Gasteiger partial charge is 0.480 e. The van der Waals surface area contributed by atoms with Crippen LogP contribution in [0.5, 0.6) is 0 Å². The smallest absolute Gasteiger partial charge is 0.321 e. The van der Waals surface area contributed by atoms with Crippen LogP contribution in [-0.2, 0) is 4.79 Å². The predicted octanol–water partition coefficient (Wildman–Crippen LogP) is 0.0923. The summed E-state index contributed by atoms with van der Waals surface area (Å²) in [4.78, 5) is 10.3. The summed E-state index contributed by atoms with van der Waals surface area (Å²) < 4.78 is 0. The molecular formula is C6H15NO2S. The summed E-state index contributed by atoms with van der Waals surface area (Å²) in [5.74, 6) is -0.301. The minimum absolute atomic E-state index is 0.600. The van der Waals surface area contributed by atoms with Crippen LogP contribution in [0.4, 0.5) is 0 Å². The molecule has 4 heteroatoms. The van der Waals surface area contributed by atoms with Gasteiger partial charge in [-0.2, -0.15) is 0 Å². The summed E-state index contributed by atoms with van der Waals surface area (Å²) in [6, 6.07) is -0.685. The SMILES string of the molecule is CS(C)(C)C[C@H](N)C(=O)O. The Bertz CT molecular complexity index is 130. The zero-order chi connectivity index (χ0) is 8.36. The molecule has 10 heavy (non-hydrogen) atoms. The van der Waals surface area contributed by atoms with E-state index in [1.165, 1.54) is 0 Å². The van der Waals surface area contributed by atoms with Crippen molar-refractivity contribution in [2.75, 3.05) is 24.5 Å². The van der Waals surface area contributed by atoms with Crippen molar-refractivity contribution in [3.8, 4) is 0 Å². The number of hydrogen-bond donors (Lipinski definition) is 2. The Labute approximate surface area is 62.9 Å². The highest BCUT2D eigenvalue weighted by atomic mass is 32.3. The molecule has 3 nitrogen and oxygen atoms in total. The fourth-order valence-electron chi connectivity index (χ4n) is 0.610. The van der Waals surface area contributed by atoms with E-state index < -0.39 is 22.0 Å². The van der Waals surface area contributed by atoms with Crippen LogP contribution < -0.4 is 5.73 Å². The van der Waals surface area contributed by atoms with Gasteiger partial charge in [0.1, 0.15) is 6.04 Å². The summed E-state index contributed by atoms with van der Waals surface area (Å²) in [5, 5.41) is 8.43. The molecule has 3 N–H and O–H groups in total. The molecule has 0 aliphatic carbocycles. The van der Waals surface area contributed by atoms with E-state index in [0.717, 1.165) is 0 Å². The lowest BCUT2D eigenvalue weighted by atomic mass is 10.4. The summed E-state index contributed by atoms with van der Waals surface area (Å²) in [7, 11) is -0.774. The van der Waals surface area contributed by atoms with E-state index in [2.05, 4.69) is 18.8 Å². The highest BCUT2D eigenvalue weighted by Crippen LogP contribution is 2.34. The molecule has 0 radical (unpaired) electrons. The van der Waals surface area contributed by atoms with E-state index in [1.807, 2.05) is 0 Å². The van der Waals surface area contributed by atoms with Crippen molar-refractivity contribution in [3.05, 3.63) is 0 Å². The number of hydrogen-bond acceptors (Lipinski definition) is 2. The van der Waals surface area contributed by atoms with Crippen molar-refractivity contribution in [3.63, 3.8) is 0 Å². The molecule has 0 aromatic carbocycles. The van der Waals surface area contributed by atoms with Crippen LogP contribution >= 0.6 is 10.0 Å². The van der Waals surface area contributed by atoms with E-state index in [-0.39, 0.29) is 0 Å². The molecule has 0 rings (SSSR count). The summed E-state index contributed by atoms with van der Waals surface area (Å²) in [6.07, 6.45) is 6.15. The Kier molecular flexibility index (Phi) is 3.18. The lowest BCUT2D eigenvalue weighted by molar-refractivity contribution is -0.137. The number of carboxylic acids is 1. The Morgan fingerprint density at radius 1 is 1.60 bits per heavy atom. The minimum atomic E-state index is -0.901. The standard InChI is InChI=1S/C6H15NO2S/c1-10(2,3)4-5(7)6(8)9/h5H,4,7H2,1-3H3,(H,8,9)/t5-/m0/s1. The molecule has 0 aliphatic rings.